The Morgan fingerprint density at radius 3 is 3.14 bits per heavy atom. The topological polar surface area (TPSA) is 71.8 Å². The van der Waals surface area contributed by atoms with E-state index in [4.69, 9.17) is 5.73 Å². The van der Waals surface area contributed by atoms with Crippen LogP contribution in [0.5, 0.6) is 0 Å². The normalized spacial score (nSPS) is 11.0. The highest BCUT2D eigenvalue weighted by atomic mass is 32.1. The Bertz CT molecular complexity index is 514. The van der Waals surface area contributed by atoms with Gasteiger partial charge in [-0.2, -0.15) is 4.37 Å². The molecule has 0 aliphatic rings. The van der Waals surface area contributed by atoms with Gasteiger partial charge in [0.2, 0.25) is 0 Å². The molecular weight excluding hydrogens is 198 g/mol. The molecule has 0 saturated heterocycles. The van der Waals surface area contributed by atoms with Crippen molar-refractivity contribution in [2.45, 2.75) is 13.3 Å². The second-order valence-electron chi connectivity index (χ2n) is 3.17. The lowest BCUT2D eigenvalue weighted by Gasteiger charge is -1.98. The molecule has 3 N–H and O–H groups in total. The summed E-state index contributed by atoms with van der Waals surface area (Å²) < 4.78 is 5.09. The van der Waals surface area contributed by atoms with Gasteiger partial charge in [0.1, 0.15) is 0 Å². The lowest BCUT2D eigenvalue weighted by molar-refractivity contribution is 0.919. The highest BCUT2D eigenvalue weighted by molar-refractivity contribution is 7.13. The lowest BCUT2D eigenvalue weighted by atomic mass is 10.2. The predicted octanol–water partition coefficient (Wildman–Crippen LogP) is 0.794. The van der Waals surface area contributed by atoms with E-state index in [0.29, 0.717) is 18.4 Å². The molecule has 0 atom stereocenters. The lowest BCUT2D eigenvalue weighted by Crippen LogP contribution is -2.12. The van der Waals surface area contributed by atoms with Crippen molar-refractivity contribution in [2.24, 2.45) is 5.73 Å². The highest BCUT2D eigenvalue weighted by Crippen LogP contribution is 2.18. The summed E-state index contributed by atoms with van der Waals surface area (Å²) in [7, 11) is 0. The quantitative estimate of drug-likeness (QED) is 0.768. The number of nitrogens with one attached hydrogen (secondary N) is 1. The molecule has 4 nitrogen and oxygen atoms in total. The number of H-pyrrole nitrogens is 1. The number of hydrogen-bond donors (Lipinski definition) is 2. The average Bonchev–Trinajstić information content (AvgIpc) is 2.48. The number of aromatic amines is 1. The highest BCUT2D eigenvalue weighted by Gasteiger charge is 2.07. The van der Waals surface area contributed by atoms with E-state index in [9.17, 15) is 4.79 Å². The van der Waals surface area contributed by atoms with Gasteiger partial charge in [-0.25, -0.2) is 0 Å². The summed E-state index contributed by atoms with van der Waals surface area (Å²) >= 11 is 1.36. The smallest absolute Gasteiger partial charge is 0.258 e. The van der Waals surface area contributed by atoms with E-state index in [1.807, 2.05) is 13.0 Å². The first-order chi connectivity index (χ1) is 6.72. The van der Waals surface area contributed by atoms with Gasteiger partial charge in [-0.3, -0.25) is 4.79 Å². The minimum atomic E-state index is -0.0581. The van der Waals surface area contributed by atoms with Crippen LogP contribution in [-0.2, 0) is 6.42 Å². The molecular formula is C9H11N3OS. The minimum Gasteiger partial charge on any atom is -0.330 e. The van der Waals surface area contributed by atoms with Crippen LogP contribution in [0.2, 0.25) is 0 Å². The maximum absolute atomic E-state index is 11.6. The van der Waals surface area contributed by atoms with Crippen LogP contribution >= 0.6 is 11.5 Å². The largest absolute Gasteiger partial charge is 0.330 e. The number of aryl methyl sites for hydroxylation is 1. The van der Waals surface area contributed by atoms with Crippen LogP contribution in [0, 0.1) is 6.92 Å². The molecule has 0 spiro atoms. The number of nitrogens with two attached hydrogens (primary N) is 1. The third-order valence-corrected chi connectivity index (χ3v) is 2.99. The standard InChI is InChI=1S/C9H11N3OS/c1-5-8-7(14-12-5)4-6(2-3-10)11-9(8)13/h4H,2-3,10H2,1H3,(H,11,13). The third kappa shape index (κ3) is 1.44. The van der Waals surface area contributed by atoms with E-state index >= 15 is 0 Å². The molecule has 0 aromatic carbocycles. The van der Waals surface area contributed by atoms with Crippen LogP contribution in [0.15, 0.2) is 10.9 Å². The molecule has 0 bridgehead atoms. The first-order valence-corrected chi connectivity index (χ1v) is 5.18. The minimum absolute atomic E-state index is 0.0581. The molecule has 0 radical (unpaired) electrons. The zero-order chi connectivity index (χ0) is 10.1. The molecule has 2 aromatic heterocycles. The van der Waals surface area contributed by atoms with Gasteiger partial charge in [0, 0.05) is 5.69 Å². The maximum Gasteiger partial charge on any atom is 0.258 e. The molecule has 5 heteroatoms. The summed E-state index contributed by atoms with van der Waals surface area (Å²) in [6, 6.07) is 1.95. The third-order valence-electron chi connectivity index (χ3n) is 2.11. The van der Waals surface area contributed by atoms with Crippen molar-refractivity contribution in [2.75, 3.05) is 6.54 Å². The molecule has 0 aliphatic carbocycles. The molecule has 2 heterocycles. The molecule has 2 aromatic rings. The Hall–Kier alpha value is -1.20. The summed E-state index contributed by atoms with van der Waals surface area (Å²) in [5.41, 5.74) is 7.05. The first-order valence-electron chi connectivity index (χ1n) is 4.40. The monoisotopic (exact) mass is 209 g/mol. The van der Waals surface area contributed by atoms with E-state index in [2.05, 4.69) is 9.36 Å². The van der Waals surface area contributed by atoms with Crippen LogP contribution in [0.1, 0.15) is 11.4 Å². The number of nitrogens with zero attached hydrogens (tertiary/aromatic N) is 1. The van der Waals surface area contributed by atoms with Gasteiger partial charge >= 0.3 is 0 Å². The van der Waals surface area contributed by atoms with Gasteiger partial charge in [0.15, 0.2) is 0 Å². The van der Waals surface area contributed by atoms with Crippen LogP contribution in [0.4, 0.5) is 0 Å². The predicted molar refractivity (Wildman–Crippen MR) is 57.7 cm³/mol. The zero-order valence-electron chi connectivity index (χ0n) is 7.83. The Labute approximate surface area is 84.9 Å². The van der Waals surface area contributed by atoms with E-state index in [1.165, 1.54) is 11.5 Å². The van der Waals surface area contributed by atoms with Crippen LogP contribution in [0.3, 0.4) is 0 Å². The molecule has 0 unspecified atom stereocenters. The molecule has 2 rings (SSSR count). The fourth-order valence-corrected chi connectivity index (χ4v) is 2.31. The number of aromatic nitrogens is 2. The Balaban J connectivity index is 2.68. The summed E-state index contributed by atoms with van der Waals surface area (Å²) in [6.07, 6.45) is 0.697. The van der Waals surface area contributed by atoms with Crippen molar-refractivity contribution >= 4 is 21.6 Å². The molecule has 0 saturated carbocycles. The van der Waals surface area contributed by atoms with Crippen molar-refractivity contribution in [3.63, 3.8) is 0 Å². The fourth-order valence-electron chi connectivity index (χ4n) is 1.45. The fraction of sp³-hybridized carbons (Fsp3) is 0.333. The zero-order valence-corrected chi connectivity index (χ0v) is 8.65. The van der Waals surface area contributed by atoms with Crippen molar-refractivity contribution in [1.29, 1.82) is 0 Å². The number of pyridine rings is 1. The van der Waals surface area contributed by atoms with Gasteiger partial charge in [-0.1, -0.05) is 0 Å². The van der Waals surface area contributed by atoms with Crippen molar-refractivity contribution in [1.82, 2.24) is 9.36 Å². The average molecular weight is 209 g/mol. The molecule has 0 fully saturated rings. The van der Waals surface area contributed by atoms with Gasteiger partial charge in [0.05, 0.1) is 15.8 Å². The number of fused-ring (bicyclic) bond motifs is 1. The summed E-state index contributed by atoms with van der Waals surface area (Å²) in [6.45, 7) is 2.38. The van der Waals surface area contributed by atoms with Gasteiger partial charge in [-0.05, 0) is 37.5 Å². The summed E-state index contributed by atoms with van der Waals surface area (Å²) in [5, 5.41) is 0.704. The van der Waals surface area contributed by atoms with Crippen LogP contribution in [0.25, 0.3) is 10.1 Å². The van der Waals surface area contributed by atoms with Crippen LogP contribution < -0.4 is 11.3 Å². The van der Waals surface area contributed by atoms with Crippen molar-refractivity contribution in [3.8, 4) is 0 Å². The van der Waals surface area contributed by atoms with Gasteiger partial charge < -0.3 is 10.7 Å². The SMILES string of the molecule is Cc1nsc2cc(CCN)[nH]c(=O)c12. The van der Waals surface area contributed by atoms with E-state index < -0.39 is 0 Å². The Kier molecular flexibility index (Phi) is 2.35. The van der Waals surface area contributed by atoms with Gasteiger partial charge in [0.25, 0.3) is 5.56 Å². The first kappa shape index (κ1) is 9.36. The van der Waals surface area contributed by atoms with E-state index in [0.717, 1.165) is 16.1 Å². The Morgan fingerprint density at radius 1 is 1.64 bits per heavy atom. The van der Waals surface area contributed by atoms with E-state index in [1.54, 1.807) is 0 Å². The van der Waals surface area contributed by atoms with Crippen molar-refractivity contribution in [3.05, 3.63) is 27.8 Å². The second-order valence-corrected chi connectivity index (χ2v) is 3.97. The molecule has 14 heavy (non-hydrogen) atoms. The number of hydrogen-bond acceptors (Lipinski definition) is 4. The molecule has 0 aliphatic heterocycles. The molecule has 74 valence electrons. The summed E-state index contributed by atoms with van der Waals surface area (Å²) in [4.78, 5) is 14.4. The van der Waals surface area contributed by atoms with Crippen LogP contribution in [-0.4, -0.2) is 15.9 Å². The summed E-state index contributed by atoms with van der Waals surface area (Å²) in [5.74, 6) is 0. The van der Waals surface area contributed by atoms with Crippen molar-refractivity contribution < 1.29 is 0 Å². The van der Waals surface area contributed by atoms with Gasteiger partial charge in [-0.15, -0.1) is 0 Å². The number of rotatable bonds is 2. The van der Waals surface area contributed by atoms with E-state index in [-0.39, 0.29) is 5.56 Å². The molecule has 0 amide bonds. The Morgan fingerprint density at radius 2 is 2.43 bits per heavy atom. The second kappa shape index (κ2) is 3.51. The maximum atomic E-state index is 11.6.